The first kappa shape index (κ1) is 17.5. The molecule has 134 valence electrons. The Morgan fingerprint density at radius 3 is 2.35 bits per heavy atom. The highest BCUT2D eigenvalue weighted by Crippen LogP contribution is 2.35. The van der Waals surface area contributed by atoms with E-state index in [4.69, 9.17) is 14.6 Å². The number of aromatic carboxylic acids is 1. The molecule has 0 unspecified atom stereocenters. The number of pyridine rings is 1. The van der Waals surface area contributed by atoms with Gasteiger partial charge < -0.3 is 14.6 Å². The molecule has 0 aliphatic rings. The molecular weight excluding hydrogens is 351 g/mol. The van der Waals surface area contributed by atoms with Gasteiger partial charge in [-0.3, -0.25) is 4.98 Å². The summed E-state index contributed by atoms with van der Waals surface area (Å²) >= 11 is 0. The summed E-state index contributed by atoms with van der Waals surface area (Å²) in [4.78, 5) is 15.2. The molecule has 0 spiro atoms. The Bertz CT molecular complexity index is 969. The summed E-state index contributed by atoms with van der Waals surface area (Å²) in [6.07, 6.45) is -3.26. The van der Waals surface area contributed by atoms with Gasteiger partial charge in [0.15, 0.2) is 5.75 Å². The summed E-state index contributed by atoms with van der Waals surface area (Å²) in [5.41, 5.74) is -0.438. The lowest BCUT2D eigenvalue weighted by Gasteiger charge is -2.12. The van der Waals surface area contributed by atoms with E-state index in [0.717, 1.165) is 12.1 Å². The van der Waals surface area contributed by atoms with E-state index in [2.05, 4.69) is 4.98 Å². The minimum Gasteiger partial charge on any atom is -0.497 e. The van der Waals surface area contributed by atoms with Crippen molar-refractivity contribution >= 4 is 16.9 Å². The van der Waals surface area contributed by atoms with Crippen molar-refractivity contribution in [3.05, 3.63) is 59.8 Å². The Kier molecular flexibility index (Phi) is 4.41. The largest absolute Gasteiger partial charge is 0.497 e. The van der Waals surface area contributed by atoms with E-state index in [-0.39, 0.29) is 17.1 Å². The van der Waals surface area contributed by atoms with E-state index in [1.54, 1.807) is 6.07 Å². The zero-order chi connectivity index (χ0) is 18.9. The molecular formula is C18H12F3NO4. The number of fused-ring (bicyclic) bond motifs is 1. The molecule has 1 N–H and O–H groups in total. The Morgan fingerprint density at radius 2 is 1.77 bits per heavy atom. The van der Waals surface area contributed by atoms with E-state index < -0.39 is 17.7 Å². The molecule has 0 radical (unpaired) electrons. The molecule has 2 aromatic carbocycles. The van der Waals surface area contributed by atoms with Crippen LogP contribution in [0.4, 0.5) is 13.2 Å². The van der Waals surface area contributed by atoms with Gasteiger partial charge in [0.05, 0.1) is 18.2 Å². The van der Waals surface area contributed by atoms with Crippen molar-refractivity contribution in [3.63, 3.8) is 0 Å². The Hall–Kier alpha value is -3.29. The lowest BCUT2D eigenvalue weighted by molar-refractivity contribution is -0.137. The van der Waals surface area contributed by atoms with Crippen molar-refractivity contribution < 1.29 is 32.5 Å². The number of nitrogens with zero attached hydrogens (tertiary/aromatic N) is 1. The molecule has 8 heteroatoms. The standard InChI is InChI=1S/C18H12F3NO4/c1-25-14-7-10-6-11(17(23)24)9-22-16(10)15(8-14)26-13-4-2-12(3-5-13)18(19,20)21/h2-9H,1H3,(H,23,24). The first-order valence-electron chi connectivity index (χ1n) is 7.34. The molecule has 1 aromatic heterocycles. The van der Waals surface area contributed by atoms with E-state index in [0.29, 0.717) is 16.7 Å². The minimum atomic E-state index is -4.43. The van der Waals surface area contributed by atoms with Crippen LogP contribution in [0, 0.1) is 0 Å². The van der Waals surface area contributed by atoms with Crippen LogP contribution in [0.5, 0.6) is 17.2 Å². The molecule has 0 bridgehead atoms. The quantitative estimate of drug-likeness (QED) is 0.724. The Morgan fingerprint density at radius 1 is 1.08 bits per heavy atom. The molecule has 5 nitrogen and oxygen atoms in total. The van der Waals surface area contributed by atoms with Crippen LogP contribution in [0.2, 0.25) is 0 Å². The molecule has 0 fully saturated rings. The monoisotopic (exact) mass is 363 g/mol. The van der Waals surface area contributed by atoms with Crippen molar-refractivity contribution in [3.8, 4) is 17.2 Å². The third kappa shape index (κ3) is 3.53. The number of rotatable bonds is 4. The highest BCUT2D eigenvalue weighted by molar-refractivity contribution is 5.94. The predicted molar refractivity (Wildman–Crippen MR) is 86.8 cm³/mol. The second kappa shape index (κ2) is 6.55. The number of benzene rings is 2. The summed E-state index contributed by atoms with van der Waals surface area (Å²) in [6, 6.07) is 8.73. The number of ether oxygens (including phenoxy) is 2. The predicted octanol–water partition coefficient (Wildman–Crippen LogP) is 4.75. The lowest BCUT2D eigenvalue weighted by atomic mass is 10.1. The average molecular weight is 363 g/mol. The van der Waals surface area contributed by atoms with E-state index in [9.17, 15) is 18.0 Å². The van der Waals surface area contributed by atoms with Gasteiger partial charge >= 0.3 is 12.1 Å². The second-order valence-electron chi connectivity index (χ2n) is 5.35. The van der Waals surface area contributed by atoms with Gasteiger partial charge in [0.25, 0.3) is 0 Å². The van der Waals surface area contributed by atoms with Crippen LogP contribution >= 0.6 is 0 Å². The van der Waals surface area contributed by atoms with Crippen LogP contribution in [0.15, 0.2) is 48.7 Å². The number of halogens is 3. The van der Waals surface area contributed by atoms with Crippen molar-refractivity contribution in [2.45, 2.75) is 6.18 Å². The summed E-state index contributed by atoms with van der Waals surface area (Å²) in [6.45, 7) is 0. The SMILES string of the molecule is COc1cc(Oc2ccc(C(F)(F)F)cc2)c2ncc(C(=O)O)cc2c1. The van der Waals surface area contributed by atoms with Gasteiger partial charge in [-0.1, -0.05) is 0 Å². The van der Waals surface area contributed by atoms with Crippen LogP contribution in [-0.2, 0) is 6.18 Å². The number of alkyl halides is 3. The fourth-order valence-electron chi connectivity index (χ4n) is 2.34. The van der Waals surface area contributed by atoms with E-state index >= 15 is 0 Å². The summed E-state index contributed by atoms with van der Waals surface area (Å²) in [5.74, 6) is -0.330. The number of hydrogen-bond acceptors (Lipinski definition) is 4. The molecule has 0 aliphatic carbocycles. The van der Waals surface area contributed by atoms with Gasteiger partial charge in [0, 0.05) is 17.6 Å². The Balaban J connectivity index is 2.02. The number of carboxylic acid groups (broad SMARTS) is 1. The highest BCUT2D eigenvalue weighted by Gasteiger charge is 2.30. The van der Waals surface area contributed by atoms with Gasteiger partial charge in [0.2, 0.25) is 0 Å². The molecule has 26 heavy (non-hydrogen) atoms. The zero-order valence-corrected chi connectivity index (χ0v) is 13.4. The average Bonchev–Trinajstić information content (AvgIpc) is 2.60. The van der Waals surface area contributed by atoms with E-state index in [1.165, 1.54) is 37.6 Å². The van der Waals surface area contributed by atoms with Crippen LogP contribution in [0.1, 0.15) is 15.9 Å². The smallest absolute Gasteiger partial charge is 0.416 e. The number of carboxylic acids is 1. The molecule has 0 saturated carbocycles. The van der Waals surface area contributed by atoms with Crippen LogP contribution < -0.4 is 9.47 Å². The molecule has 0 aliphatic heterocycles. The van der Waals surface area contributed by atoms with Crippen LogP contribution in [0.25, 0.3) is 10.9 Å². The zero-order valence-electron chi connectivity index (χ0n) is 13.4. The van der Waals surface area contributed by atoms with Gasteiger partial charge in [-0.25, -0.2) is 4.79 Å². The minimum absolute atomic E-state index is 0.00812. The summed E-state index contributed by atoms with van der Waals surface area (Å²) in [5, 5.41) is 9.54. The van der Waals surface area contributed by atoms with Crippen LogP contribution in [0.3, 0.4) is 0 Å². The number of aromatic nitrogens is 1. The molecule has 1 heterocycles. The van der Waals surface area contributed by atoms with Gasteiger partial charge in [-0.2, -0.15) is 13.2 Å². The second-order valence-corrected chi connectivity index (χ2v) is 5.35. The first-order valence-corrected chi connectivity index (χ1v) is 7.34. The topological polar surface area (TPSA) is 68.7 Å². The number of methoxy groups -OCH3 is 1. The third-order valence-corrected chi connectivity index (χ3v) is 3.61. The van der Waals surface area contributed by atoms with Crippen molar-refractivity contribution in [2.24, 2.45) is 0 Å². The van der Waals surface area contributed by atoms with Crippen molar-refractivity contribution in [2.75, 3.05) is 7.11 Å². The molecule has 0 amide bonds. The van der Waals surface area contributed by atoms with Crippen LogP contribution in [-0.4, -0.2) is 23.2 Å². The van der Waals surface area contributed by atoms with E-state index in [1.807, 2.05) is 0 Å². The molecule has 0 atom stereocenters. The fraction of sp³-hybridized carbons (Fsp3) is 0.111. The molecule has 3 rings (SSSR count). The third-order valence-electron chi connectivity index (χ3n) is 3.61. The van der Waals surface area contributed by atoms with Crippen molar-refractivity contribution in [1.82, 2.24) is 4.98 Å². The first-order chi connectivity index (χ1) is 12.3. The lowest BCUT2D eigenvalue weighted by Crippen LogP contribution is -2.04. The summed E-state index contributed by atoms with van der Waals surface area (Å²) in [7, 11) is 1.43. The maximum atomic E-state index is 12.6. The van der Waals surface area contributed by atoms with Gasteiger partial charge in [0.1, 0.15) is 17.0 Å². The summed E-state index contributed by atoms with van der Waals surface area (Å²) < 4.78 is 48.7. The maximum Gasteiger partial charge on any atom is 0.416 e. The fourth-order valence-corrected chi connectivity index (χ4v) is 2.34. The normalized spacial score (nSPS) is 11.4. The van der Waals surface area contributed by atoms with Gasteiger partial charge in [-0.05, 0) is 36.4 Å². The number of carbonyl (C=O) groups is 1. The highest BCUT2D eigenvalue weighted by atomic mass is 19.4. The van der Waals surface area contributed by atoms with Crippen molar-refractivity contribution in [1.29, 1.82) is 0 Å². The van der Waals surface area contributed by atoms with Gasteiger partial charge in [-0.15, -0.1) is 0 Å². The molecule has 3 aromatic rings. The molecule has 0 saturated heterocycles. The maximum absolute atomic E-state index is 12.6. The Labute approximate surface area is 145 Å². The number of hydrogen-bond donors (Lipinski definition) is 1.